The third kappa shape index (κ3) is 2.07. The molecule has 0 saturated heterocycles. The first kappa shape index (κ1) is 8.28. The van der Waals surface area contributed by atoms with Crippen LogP contribution in [0.3, 0.4) is 0 Å². The molecule has 0 spiro atoms. The molecule has 0 heterocycles. The van der Waals surface area contributed by atoms with Gasteiger partial charge in [-0.25, -0.2) is 0 Å². The van der Waals surface area contributed by atoms with Crippen LogP contribution in [0.25, 0.3) is 0 Å². The molecule has 3 aliphatic rings. The molecule has 0 bridgehead atoms. The van der Waals surface area contributed by atoms with Crippen LogP contribution in [0, 0.1) is 11.8 Å². The second-order valence-corrected chi connectivity index (χ2v) is 5.43. The summed E-state index contributed by atoms with van der Waals surface area (Å²) >= 11 is 0. The van der Waals surface area contributed by atoms with E-state index in [0.29, 0.717) is 0 Å². The van der Waals surface area contributed by atoms with Crippen LogP contribution < -0.4 is 0 Å². The maximum atomic E-state index is 2.83. The van der Waals surface area contributed by atoms with Gasteiger partial charge in [0, 0.05) is 19.1 Å². The Bertz CT molecular complexity index is 164. The van der Waals surface area contributed by atoms with E-state index < -0.39 is 0 Å². The summed E-state index contributed by atoms with van der Waals surface area (Å²) in [6, 6.07) is 1.00. The van der Waals surface area contributed by atoms with Crippen molar-refractivity contribution in [3.05, 3.63) is 0 Å². The van der Waals surface area contributed by atoms with E-state index in [4.69, 9.17) is 0 Å². The predicted molar refractivity (Wildman–Crippen MR) is 54.7 cm³/mol. The van der Waals surface area contributed by atoms with Gasteiger partial charge in [-0.15, -0.1) is 0 Å². The van der Waals surface area contributed by atoms with Gasteiger partial charge >= 0.3 is 0 Å². The van der Waals surface area contributed by atoms with Crippen LogP contribution in [0.2, 0.25) is 0 Å². The molecule has 74 valence electrons. The first-order valence-electron chi connectivity index (χ1n) is 6.16. The first-order valence-corrected chi connectivity index (χ1v) is 6.16. The molecule has 3 rings (SSSR count). The third-order valence-electron chi connectivity index (χ3n) is 3.97. The molecule has 0 aromatic heterocycles. The highest BCUT2D eigenvalue weighted by Crippen LogP contribution is 2.37. The molecule has 3 fully saturated rings. The smallest absolute Gasteiger partial charge is 0.00955 e. The fraction of sp³-hybridized carbons (Fsp3) is 1.00. The summed E-state index contributed by atoms with van der Waals surface area (Å²) in [4.78, 5) is 2.83. The third-order valence-corrected chi connectivity index (χ3v) is 3.97. The second kappa shape index (κ2) is 3.27. The molecule has 0 atom stereocenters. The Hall–Kier alpha value is -0.0400. The van der Waals surface area contributed by atoms with E-state index in [1.54, 1.807) is 0 Å². The quantitative estimate of drug-likeness (QED) is 0.627. The lowest BCUT2D eigenvalue weighted by atomic mass is 9.91. The normalized spacial score (nSPS) is 29.3. The summed E-state index contributed by atoms with van der Waals surface area (Å²) in [5.74, 6) is 2.19. The summed E-state index contributed by atoms with van der Waals surface area (Å²) in [7, 11) is 0. The van der Waals surface area contributed by atoms with Gasteiger partial charge in [-0.3, -0.25) is 4.90 Å². The van der Waals surface area contributed by atoms with Crippen LogP contribution in [0.5, 0.6) is 0 Å². The van der Waals surface area contributed by atoms with Gasteiger partial charge in [-0.2, -0.15) is 0 Å². The highest BCUT2D eigenvalue weighted by molar-refractivity contribution is 4.88. The Morgan fingerprint density at radius 3 is 1.62 bits per heavy atom. The molecule has 3 saturated carbocycles. The molecule has 13 heavy (non-hydrogen) atoms. The Labute approximate surface area is 81.5 Å². The topological polar surface area (TPSA) is 3.24 Å². The molecular weight excluding hydrogens is 158 g/mol. The van der Waals surface area contributed by atoms with E-state index in [9.17, 15) is 0 Å². The second-order valence-electron chi connectivity index (χ2n) is 5.43. The molecule has 0 N–H and O–H groups in total. The van der Waals surface area contributed by atoms with Gasteiger partial charge in [-0.05, 0) is 50.4 Å². The molecule has 0 aromatic carbocycles. The molecule has 0 aromatic rings. The van der Waals surface area contributed by atoms with Crippen LogP contribution in [0.15, 0.2) is 0 Å². The minimum absolute atomic E-state index is 1.00. The number of nitrogens with zero attached hydrogens (tertiary/aromatic N) is 1. The highest BCUT2D eigenvalue weighted by atomic mass is 15.2. The van der Waals surface area contributed by atoms with E-state index in [2.05, 4.69) is 4.90 Å². The summed E-state index contributed by atoms with van der Waals surface area (Å²) in [5, 5.41) is 0. The van der Waals surface area contributed by atoms with Gasteiger partial charge in [0.1, 0.15) is 0 Å². The molecule has 1 heteroatoms. The van der Waals surface area contributed by atoms with E-state index in [1.807, 2.05) is 0 Å². The van der Waals surface area contributed by atoms with E-state index in [1.165, 1.54) is 58.0 Å². The Kier molecular flexibility index (Phi) is 2.08. The predicted octanol–water partition coefficient (Wildman–Crippen LogP) is 2.66. The average molecular weight is 179 g/mol. The fourth-order valence-electron chi connectivity index (χ4n) is 2.39. The molecule has 0 unspecified atom stereocenters. The van der Waals surface area contributed by atoms with Crippen molar-refractivity contribution in [2.24, 2.45) is 11.8 Å². The van der Waals surface area contributed by atoms with Crippen LogP contribution >= 0.6 is 0 Å². The minimum Gasteiger partial charge on any atom is -0.300 e. The SMILES string of the molecule is C1CC(N(CC2CC2)CC2CC2)C1. The van der Waals surface area contributed by atoms with Gasteiger partial charge in [0.15, 0.2) is 0 Å². The summed E-state index contributed by atoms with van der Waals surface area (Å²) in [6.45, 7) is 2.89. The molecule has 3 aliphatic carbocycles. The molecular formula is C12H21N. The fourth-order valence-corrected chi connectivity index (χ4v) is 2.39. The van der Waals surface area contributed by atoms with E-state index in [0.717, 1.165) is 17.9 Å². The maximum Gasteiger partial charge on any atom is 0.00955 e. The van der Waals surface area contributed by atoms with Crippen LogP contribution in [-0.4, -0.2) is 24.0 Å². The molecule has 1 nitrogen and oxygen atoms in total. The van der Waals surface area contributed by atoms with Crippen molar-refractivity contribution in [2.75, 3.05) is 13.1 Å². The first-order chi connectivity index (χ1) is 6.42. The van der Waals surface area contributed by atoms with Crippen molar-refractivity contribution < 1.29 is 0 Å². The summed E-state index contributed by atoms with van der Waals surface area (Å²) < 4.78 is 0. The van der Waals surface area contributed by atoms with Crippen molar-refractivity contribution in [3.8, 4) is 0 Å². The zero-order chi connectivity index (χ0) is 8.67. The number of rotatable bonds is 5. The van der Waals surface area contributed by atoms with Crippen LogP contribution in [0.4, 0.5) is 0 Å². The van der Waals surface area contributed by atoms with Crippen molar-refractivity contribution in [1.29, 1.82) is 0 Å². The monoisotopic (exact) mass is 179 g/mol. The van der Waals surface area contributed by atoms with Crippen LogP contribution in [0.1, 0.15) is 44.9 Å². The maximum absolute atomic E-state index is 2.83. The Morgan fingerprint density at radius 1 is 0.769 bits per heavy atom. The highest BCUT2D eigenvalue weighted by Gasteiger charge is 2.34. The lowest BCUT2D eigenvalue weighted by Crippen LogP contribution is -2.42. The van der Waals surface area contributed by atoms with Crippen molar-refractivity contribution in [1.82, 2.24) is 4.90 Å². The Balaban J connectivity index is 1.50. The minimum atomic E-state index is 1.00. The van der Waals surface area contributed by atoms with Gasteiger partial charge in [-0.1, -0.05) is 6.42 Å². The average Bonchev–Trinajstić information content (AvgIpc) is 2.75. The zero-order valence-corrected chi connectivity index (χ0v) is 8.54. The number of hydrogen-bond acceptors (Lipinski definition) is 1. The largest absolute Gasteiger partial charge is 0.300 e. The van der Waals surface area contributed by atoms with Crippen molar-refractivity contribution >= 4 is 0 Å². The van der Waals surface area contributed by atoms with E-state index >= 15 is 0 Å². The van der Waals surface area contributed by atoms with Gasteiger partial charge < -0.3 is 0 Å². The lowest BCUT2D eigenvalue weighted by Gasteiger charge is -2.37. The van der Waals surface area contributed by atoms with Crippen molar-refractivity contribution in [3.63, 3.8) is 0 Å². The summed E-state index contributed by atoms with van der Waals surface area (Å²) in [5.41, 5.74) is 0. The van der Waals surface area contributed by atoms with Crippen molar-refractivity contribution in [2.45, 2.75) is 51.0 Å². The lowest BCUT2D eigenvalue weighted by molar-refractivity contribution is 0.116. The molecule has 0 aliphatic heterocycles. The van der Waals surface area contributed by atoms with Gasteiger partial charge in [0.05, 0.1) is 0 Å². The molecule has 0 radical (unpaired) electrons. The number of hydrogen-bond donors (Lipinski definition) is 0. The summed E-state index contributed by atoms with van der Waals surface area (Å²) in [6.07, 6.45) is 10.6. The van der Waals surface area contributed by atoms with E-state index in [-0.39, 0.29) is 0 Å². The van der Waals surface area contributed by atoms with Gasteiger partial charge in [0.2, 0.25) is 0 Å². The zero-order valence-electron chi connectivity index (χ0n) is 8.54. The Morgan fingerprint density at radius 2 is 1.31 bits per heavy atom. The molecule has 0 amide bonds. The standard InChI is InChI=1S/C12H21N/c1-2-12(3-1)13(8-10-4-5-10)9-11-6-7-11/h10-12H,1-9H2. The van der Waals surface area contributed by atoms with Crippen LogP contribution in [-0.2, 0) is 0 Å². The van der Waals surface area contributed by atoms with Gasteiger partial charge in [0.25, 0.3) is 0 Å².